The molecule has 1 unspecified atom stereocenters. The molecule has 2 aliphatic heterocycles. The number of allylic oxidation sites excluding steroid dienone is 3. The van der Waals surface area contributed by atoms with Crippen molar-refractivity contribution in [2.45, 2.75) is 103 Å². The SMILES string of the molecule is CC1=C2C[C@H]3C(CCC4=CC(=O)CC[C@@]43C)[C@@H]2CC[C@@]2(C1)O[C@@H]1C[C@H](C)CN(CCCl)[C@H]1[C@H]2C. The highest BCUT2D eigenvalue weighted by molar-refractivity contribution is 6.18. The minimum absolute atomic E-state index is 0.00175. The molecule has 2 heterocycles. The van der Waals surface area contributed by atoms with Gasteiger partial charge in [0.05, 0.1) is 11.7 Å². The Morgan fingerprint density at radius 2 is 2.03 bits per heavy atom. The molecular weight excluding hydrogens is 442 g/mol. The molecule has 188 valence electrons. The first-order chi connectivity index (χ1) is 16.3. The Kier molecular flexibility index (Phi) is 5.90. The lowest BCUT2D eigenvalue weighted by atomic mass is 9.56. The van der Waals surface area contributed by atoms with Crippen LogP contribution in [-0.2, 0) is 9.53 Å². The lowest BCUT2D eigenvalue weighted by molar-refractivity contribution is -0.116. The van der Waals surface area contributed by atoms with Gasteiger partial charge in [-0.3, -0.25) is 9.69 Å². The molecule has 4 heteroatoms. The normalized spacial score (nSPS) is 48.8. The van der Waals surface area contributed by atoms with Gasteiger partial charge < -0.3 is 4.74 Å². The first-order valence-corrected chi connectivity index (χ1v) is 14.7. The summed E-state index contributed by atoms with van der Waals surface area (Å²) in [6, 6.07) is 0.527. The average molecular weight is 486 g/mol. The Labute approximate surface area is 211 Å². The maximum Gasteiger partial charge on any atom is 0.155 e. The van der Waals surface area contributed by atoms with E-state index in [1.165, 1.54) is 44.2 Å². The van der Waals surface area contributed by atoms with E-state index in [2.05, 4.69) is 32.6 Å². The van der Waals surface area contributed by atoms with Crippen LogP contribution in [0.15, 0.2) is 22.8 Å². The van der Waals surface area contributed by atoms with Crippen molar-refractivity contribution in [1.29, 1.82) is 0 Å². The summed E-state index contributed by atoms with van der Waals surface area (Å²) in [4.78, 5) is 14.8. The van der Waals surface area contributed by atoms with Gasteiger partial charge in [-0.1, -0.05) is 37.5 Å². The summed E-state index contributed by atoms with van der Waals surface area (Å²) >= 11 is 6.23. The van der Waals surface area contributed by atoms with Gasteiger partial charge >= 0.3 is 0 Å². The van der Waals surface area contributed by atoms with Crippen LogP contribution < -0.4 is 0 Å². The largest absolute Gasteiger partial charge is 0.369 e. The molecule has 34 heavy (non-hydrogen) atoms. The lowest BCUT2D eigenvalue weighted by Crippen LogP contribution is -2.52. The summed E-state index contributed by atoms with van der Waals surface area (Å²) in [5.41, 5.74) is 5.14. The van der Waals surface area contributed by atoms with Crippen LogP contribution in [-0.4, -0.2) is 47.4 Å². The number of nitrogens with zero attached hydrogens (tertiary/aromatic N) is 1. The molecule has 0 aromatic carbocycles. The molecule has 3 nitrogen and oxygen atoms in total. The maximum absolute atomic E-state index is 12.2. The molecule has 0 radical (unpaired) electrons. The number of piperidine rings is 1. The first kappa shape index (κ1) is 23.7. The Morgan fingerprint density at radius 3 is 2.82 bits per heavy atom. The highest BCUT2D eigenvalue weighted by Crippen LogP contribution is 2.64. The predicted molar refractivity (Wildman–Crippen MR) is 138 cm³/mol. The molecule has 6 aliphatic rings. The Hall–Kier alpha value is -0.640. The van der Waals surface area contributed by atoms with Crippen LogP contribution in [0.3, 0.4) is 0 Å². The molecule has 4 aliphatic carbocycles. The first-order valence-electron chi connectivity index (χ1n) is 14.2. The van der Waals surface area contributed by atoms with Crippen molar-refractivity contribution in [2.24, 2.45) is 35.0 Å². The third kappa shape index (κ3) is 3.46. The minimum atomic E-state index is 0.00175. The zero-order chi connectivity index (χ0) is 23.8. The van der Waals surface area contributed by atoms with E-state index >= 15 is 0 Å². The van der Waals surface area contributed by atoms with Crippen LogP contribution in [0.25, 0.3) is 0 Å². The Balaban J connectivity index is 1.29. The molecular formula is C30H44ClNO2. The summed E-state index contributed by atoms with van der Waals surface area (Å²) in [7, 11) is 0. The van der Waals surface area contributed by atoms with Gasteiger partial charge in [0.25, 0.3) is 0 Å². The highest BCUT2D eigenvalue weighted by atomic mass is 35.5. The fraction of sp³-hybridized carbons (Fsp3) is 0.833. The summed E-state index contributed by atoms with van der Waals surface area (Å²) in [5, 5.41) is 0. The van der Waals surface area contributed by atoms with Crippen LogP contribution in [0.1, 0.15) is 85.5 Å². The number of ether oxygens (including phenoxy) is 1. The molecule has 0 N–H and O–H groups in total. The van der Waals surface area contributed by atoms with Crippen molar-refractivity contribution in [2.75, 3.05) is 19.0 Å². The standard InChI is InChI=1S/C30H44ClNO2/c1-18-13-27-28(32(17-18)12-11-31)20(3)30(34-27)10-8-23-24-6-5-21-14-22(33)7-9-29(21,4)26(24)15-25(23)19(2)16-30/h14,18,20,23-24,26-28H,5-13,15-17H2,1-4H3/t18-,20+,23-,24?,26-,27+,28-,29-,30-/m0/s1. The molecule has 9 atom stereocenters. The van der Waals surface area contributed by atoms with Crippen molar-refractivity contribution in [3.8, 4) is 0 Å². The number of carbonyl (C=O) groups is 1. The van der Waals surface area contributed by atoms with Gasteiger partial charge in [0, 0.05) is 37.4 Å². The number of fused-ring (bicyclic) bond motifs is 6. The third-order valence-corrected chi connectivity index (χ3v) is 11.7. The molecule has 1 spiro atoms. The molecule has 0 amide bonds. The number of hydrogen-bond donors (Lipinski definition) is 0. The average Bonchev–Trinajstić information content (AvgIpc) is 3.25. The third-order valence-electron chi connectivity index (χ3n) is 11.5. The molecule has 4 fully saturated rings. The van der Waals surface area contributed by atoms with Crippen LogP contribution >= 0.6 is 11.6 Å². The van der Waals surface area contributed by atoms with E-state index in [1.54, 1.807) is 11.1 Å². The monoisotopic (exact) mass is 485 g/mol. The van der Waals surface area contributed by atoms with E-state index in [1.807, 2.05) is 6.08 Å². The summed E-state index contributed by atoms with van der Waals surface area (Å²) in [5.74, 6) is 4.57. The molecule has 0 aromatic heterocycles. The Bertz CT molecular complexity index is 925. The fourth-order valence-electron chi connectivity index (χ4n) is 9.87. The van der Waals surface area contributed by atoms with Crippen LogP contribution in [0, 0.1) is 35.0 Å². The fourth-order valence-corrected chi connectivity index (χ4v) is 10.1. The minimum Gasteiger partial charge on any atom is -0.369 e. The van der Waals surface area contributed by atoms with Gasteiger partial charge in [-0.25, -0.2) is 0 Å². The number of alkyl halides is 1. The number of halogens is 1. The quantitative estimate of drug-likeness (QED) is 0.328. The number of hydrogen-bond acceptors (Lipinski definition) is 3. The van der Waals surface area contributed by atoms with E-state index < -0.39 is 0 Å². The van der Waals surface area contributed by atoms with Gasteiger partial charge in [-0.15, -0.1) is 11.6 Å². The zero-order valence-electron chi connectivity index (χ0n) is 21.7. The van der Waals surface area contributed by atoms with Crippen molar-refractivity contribution < 1.29 is 9.53 Å². The second-order valence-corrected chi connectivity index (χ2v) is 13.6. The van der Waals surface area contributed by atoms with E-state index in [0.29, 0.717) is 35.6 Å². The topological polar surface area (TPSA) is 29.5 Å². The molecule has 2 saturated heterocycles. The van der Waals surface area contributed by atoms with Gasteiger partial charge in [0.15, 0.2) is 5.78 Å². The number of likely N-dealkylation sites (tertiary alicyclic amines) is 1. The summed E-state index contributed by atoms with van der Waals surface area (Å²) in [6.45, 7) is 12.0. The molecule has 0 aromatic rings. The van der Waals surface area contributed by atoms with Crippen molar-refractivity contribution >= 4 is 17.4 Å². The molecule has 2 saturated carbocycles. The summed E-state index contributed by atoms with van der Waals surface area (Å²) in [6.07, 6.45) is 12.7. The number of ketones is 1. The van der Waals surface area contributed by atoms with Crippen molar-refractivity contribution in [3.05, 3.63) is 22.8 Å². The van der Waals surface area contributed by atoms with Gasteiger partial charge in [0.2, 0.25) is 0 Å². The maximum atomic E-state index is 12.2. The Morgan fingerprint density at radius 1 is 1.21 bits per heavy atom. The highest BCUT2D eigenvalue weighted by Gasteiger charge is 2.59. The number of carbonyl (C=O) groups excluding carboxylic acids is 1. The van der Waals surface area contributed by atoms with E-state index in [0.717, 1.165) is 50.0 Å². The predicted octanol–water partition coefficient (Wildman–Crippen LogP) is 6.55. The second kappa shape index (κ2) is 8.45. The van der Waals surface area contributed by atoms with Crippen LogP contribution in [0.2, 0.25) is 0 Å². The van der Waals surface area contributed by atoms with E-state index in [9.17, 15) is 4.79 Å². The van der Waals surface area contributed by atoms with Crippen molar-refractivity contribution in [3.63, 3.8) is 0 Å². The zero-order valence-corrected chi connectivity index (χ0v) is 22.5. The molecule has 6 rings (SSSR count). The van der Waals surface area contributed by atoms with Gasteiger partial charge in [-0.05, 0) is 93.5 Å². The van der Waals surface area contributed by atoms with Crippen molar-refractivity contribution in [1.82, 2.24) is 4.90 Å². The van der Waals surface area contributed by atoms with Crippen LogP contribution in [0.4, 0.5) is 0 Å². The smallest absolute Gasteiger partial charge is 0.155 e. The number of rotatable bonds is 2. The van der Waals surface area contributed by atoms with E-state index in [-0.39, 0.29) is 11.0 Å². The van der Waals surface area contributed by atoms with E-state index in [4.69, 9.17) is 16.3 Å². The lowest BCUT2D eigenvalue weighted by Gasteiger charge is -2.48. The second-order valence-electron chi connectivity index (χ2n) is 13.2. The van der Waals surface area contributed by atoms with Crippen LogP contribution in [0.5, 0.6) is 0 Å². The summed E-state index contributed by atoms with van der Waals surface area (Å²) < 4.78 is 7.16. The molecule has 0 bridgehead atoms. The van der Waals surface area contributed by atoms with Gasteiger partial charge in [0.1, 0.15) is 0 Å². The van der Waals surface area contributed by atoms with Gasteiger partial charge in [-0.2, -0.15) is 0 Å².